The minimum Gasteiger partial charge on any atom is -0.354 e. The van der Waals surface area contributed by atoms with Crippen LogP contribution in [0.4, 0.5) is 0 Å². The van der Waals surface area contributed by atoms with Crippen LogP contribution in [-0.2, 0) is 4.79 Å². The minimum atomic E-state index is 0. The fraction of sp³-hybridized carbons (Fsp3) is 0.900. The Kier molecular flexibility index (Phi) is 5.36. The van der Waals surface area contributed by atoms with Crippen molar-refractivity contribution in [2.24, 2.45) is 5.92 Å². The van der Waals surface area contributed by atoms with Crippen molar-refractivity contribution in [2.75, 3.05) is 26.2 Å². The molecule has 0 aromatic heterocycles. The summed E-state index contributed by atoms with van der Waals surface area (Å²) in [4.78, 5) is 11.6. The SMILES string of the molecule is Cl.O=C(NCC1CCCN1)C1CCNC1. The Morgan fingerprint density at radius 2 is 2.20 bits per heavy atom. The first-order chi connectivity index (χ1) is 6.86. The fourth-order valence-electron chi connectivity index (χ4n) is 2.18. The predicted molar refractivity (Wildman–Crippen MR) is 62.3 cm³/mol. The van der Waals surface area contributed by atoms with Crippen LogP contribution in [-0.4, -0.2) is 38.1 Å². The van der Waals surface area contributed by atoms with Gasteiger partial charge in [-0.3, -0.25) is 4.79 Å². The van der Waals surface area contributed by atoms with Gasteiger partial charge in [0.1, 0.15) is 0 Å². The average molecular weight is 234 g/mol. The van der Waals surface area contributed by atoms with Crippen molar-refractivity contribution in [2.45, 2.75) is 25.3 Å². The van der Waals surface area contributed by atoms with Crippen LogP contribution in [0.2, 0.25) is 0 Å². The number of hydrogen-bond acceptors (Lipinski definition) is 3. The smallest absolute Gasteiger partial charge is 0.224 e. The lowest BCUT2D eigenvalue weighted by molar-refractivity contribution is -0.124. The maximum atomic E-state index is 11.6. The second kappa shape index (κ2) is 6.30. The Morgan fingerprint density at radius 1 is 1.33 bits per heavy atom. The van der Waals surface area contributed by atoms with E-state index >= 15 is 0 Å². The molecular weight excluding hydrogens is 214 g/mol. The third-order valence-corrected chi connectivity index (χ3v) is 3.12. The van der Waals surface area contributed by atoms with Gasteiger partial charge in [-0.1, -0.05) is 0 Å². The van der Waals surface area contributed by atoms with Gasteiger partial charge in [-0.05, 0) is 32.4 Å². The maximum Gasteiger partial charge on any atom is 0.224 e. The Balaban J connectivity index is 0.00000112. The van der Waals surface area contributed by atoms with Gasteiger partial charge in [-0.25, -0.2) is 0 Å². The largest absolute Gasteiger partial charge is 0.354 e. The summed E-state index contributed by atoms with van der Waals surface area (Å²) in [6.07, 6.45) is 3.43. The minimum absolute atomic E-state index is 0. The topological polar surface area (TPSA) is 53.2 Å². The highest BCUT2D eigenvalue weighted by Gasteiger charge is 2.23. The average Bonchev–Trinajstić information content (AvgIpc) is 2.87. The molecule has 15 heavy (non-hydrogen) atoms. The summed E-state index contributed by atoms with van der Waals surface area (Å²) in [6.45, 7) is 3.74. The van der Waals surface area contributed by atoms with Crippen molar-refractivity contribution in [3.63, 3.8) is 0 Å². The van der Waals surface area contributed by atoms with E-state index in [-0.39, 0.29) is 24.2 Å². The number of hydrogen-bond donors (Lipinski definition) is 3. The zero-order valence-electron chi connectivity index (χ0n) is 8.92. The zero-order chi connectivity index (χ0) is 9.80. The highest BCUT2D eigenvalue weighted by Crippen LogP contribution is 2.08. The predicted octanol–water partition coefficient (Wildman–Crippen LogP) is -0.114. The van der Waals surface area contributed by atoms with Crippen LogP contribution in [0.1, 0.15) is 19.3 Å². The Morgan fingerprint density at radius 3 is 2.80 bits per heavy atom. The molecule has 2 rings (SSSR count). The highest BCUT2D eigenvalue weighted by atomic mass is 35.5. The Bertz CT molecular complexity index is 201. The van der Waals surface area contributed by atoms with Crippen LogP contribution in [0.25, 0.3) is 0 Å². The zero-order valence-corrected chi connectivity index (χ0v) is 9.74. The van der Waals surface area contributed by atoms with E-state index in [2.05, 4.69) is 16.0 Å². The van der Waals surface area contributed by atoms with Crippen molar-refractivity contribution in [1.82, 2.24) is 16.0 Å². The molecule has 0 radical (unpaired) electrons. The van der Waals surface area contributed by atoms with Crippen molar-refractivity contribution in [3.8, 4) is 0 Å². The normalized spacial score (nSPS) is 29.9. The summed E-state index contributed by atoms with van der Waals surface area (Å²) in [7, 11) is 0. The van der Waals surface area contributed by atoms with Gasteiger partial charge in [0.15, 0.2) is 0 Å². The molecule has 88 valence electrons. The van der Waals surface area contributed by atoms with Crippen LogP contribution in [0, 0.1) is 5.92 Å². The summed E-state index contributed by atoms with van der Waals surface area (Å²) < 4.78 is 0. The van der Waals surface area contributed by atoms with Gasteiger partial charge in [-0.15, -0.1) is 12.4 Å². The second-order valence-electron chi connectivity index (χ2n) is 4.23. The van der Waals surface area contributed by atoms with E-state index in [0.29, 0.717) is 6.04 Å². The second-order valence-corrected chi connectivity index (χ2v) is 4.23. The van der Waals surface area contributed by atoms with Crippen molar-refractivity contribution >= 4 is 18.3 Å². The molecule has 2 atom stereocenters. The van der Waals surface area contributed by atoms with Crippen molar-refractivity contribution in [3.05, 3.63) is 0 Å². The quantitative estimate of drug-likeness (QED) is 0.638. The lowest BCUT2D eigenvalue weighted by Gasteiger charge is -2.13. The lowest BCUT2D eigenvalue weighted by Crippen LogP contribution is -2.40. The molecule has 0 spiro atoms. The highest BCUT2D eigenvalue weighted by molar-refractivity contribution is 5.85. The van der Waals surface area contributed by atoms with Gasteiger partial charge in [-0.2, -0.15) is 0 Å². The fourth-order valence-corrected chi connectivity index (χ4v) is 2.18. The third kappa shape index (κ3) is 3.63. The molecule has 4 nitrogen and oxygen atoms in total. The number of amides is 1. The van der Waals surface area contributed by atoms with Crippen LogP contribution in [0.3, 0.4) is 0 Å². The molecule has 2 heterocycles. The van der Waals surface area contributed by atoms with Crippen LogP contribution in [0.15, 0.2) is 0 Å². The molecular formula is C10H20ClN3O. The lowest BCUT2D eigenvalue weighted by atomic mass is 10.1. The van der Waals surface area contributed by atoms with E-state index in [1.54, 1.807) is 0 Å². The molecule has 0 aromatic rings. The molecule has 2 aliphatic heterocycles. The van der Waals surface area contributed by atoms with Crippen molar-refractivity contribution < 1.29 is 4.79 Å². The first-order valence-electron chi connectivity index (χ1n) is 5.58. The van der Waals surface area contributed by atoms with Crippen LogP contribution < -0.4 is 16.0 Å². The monoisotopic (exact) mass is 233 g/mol. The standard InChI is InChI=1S/C10H19N3O.ClH/c14-10(8-3-5-11-6-8)13-7-9-2-1-4-12-9;/h8-9,11-12H,1-7H2,(H,13,14);1H. The number of halogens is 1. The molecule has 2 unspecified atom stereocenters. The Hall–Kier alpha value is -0.320. The summed E-state index contributed by atoms with van der Waals surface area (Å²) in [6, 6.07) is 0.508. The van der Waals surface area contributed by atoms with E-state index in [0.717, 1.165) is 32.6 Å². The number of rotatable bonds is 3. The number of carbonyl (C=O) groups excluding carboxylic acids is 1. The van der Waals surface area contributed by atoms with Gasteiger partial charge in [0.25, 0.3) is 0 Å². The van der Waals surface area contributed by atoms with Gasteiger partial charge in [0, 0.05) is 19.1 Å². The van der Waals surface area contributed by atoms with E-state index < -0.39 is 0 Å². The van der Waals surface area contributed by atoms with E-state index in [1.165, 1.54) is 12.8 Å². The Labute approximate surface area is 97.0 Å². The first kappa shape index (κ1) is 12.7. The molecule has 0 bridgehead atoms. The van der Waals surface area contributed by atoms with E-state index in [9.17, 15) is 4.79 Å². The van der Waals surface area contributed by atoms with Crippen molar-refractivity contribution in [1.29, 1.82) is 0 Å². The molecule has 1 amide bonds. The van der Waals surface area contributed by atoms with E-state index in [1.807, 2.05) is 0 Å². The summed E-state index contributed by atoms with van der Waals surface area (Å²) in [5.41, 5.74) is 0. The van der Waals surface area contributed by atoms with Gasteiger partial charge in [0.2, 0.25) is 5.91 Å². The summed E-state index contributed by atoms with van der Waals surface area (Å²) >= 11 is 0. The first-order valence-corrected chi connectivity index (χ1v) is 5.58. The molecule has 5 heteroatoms. The molecule has 2 saturated heterocycles. The van der Waals surface area contributed by atoms with E-state index in [4.69, 9.17) is 0 Å². The molecule has 2 fully saturated rings. The number of nitrogens with one attached hydrogen (secondary N) is 3. The molecule has 3 N–H and O–H groups in total. The molecule has 0 aliphatic carbocycles. The number of carbonyl (C=O) groups is 1. The molecule has 2 aliphatic rings. The summed E-state index contributed by atoms with van der Waals surface area (Å²) in [5, 5.41) is 9.60. The molecule has 0 aromatic carbocycles. The van der Waals surface area contributed by atoms with Gasteiger partial charge < -0.3 is 16.0 Å². The maximum absolute atomic E-state index is 11.6. The van der Waals surface area contributed by atoms with Gasteiger partial charge in [0.05, 0.1) is 5.92 Å². The third-order valence-electron chi connectivity index (χ3n) is 3.12. The summed E-state index contributed by atoms with van der Waals surface area (Å²) in [5.74, 6) is 0.431. The van der Waals surface area contributed by atoms with Gasteiger partial charge >= 0.3 is 0 Å². The van der Waals surface area contributed by atoms with Crippen LogP contribution >= 0.6 is 12.4 Å². The molecule has 0 saturated carbocycles. The van der Waals surface area contributed by atoms with Crippen LogP contribution in [0.5, 0.6) is 0 Å².